The zero-order valence-corrected chi connectivity index (χ0v) is 16.4. The molecule has 1 aliphatic heterocycles. The van der Waals surface area contributed by atoms with Crippen LogP contribution in [0.25, 0.3) is 0 Å². The minimum Gasteiger partial charge on any atom is -0.352 e. The second-order valence-corrected chi connectivity index (χ2v) is 9.67. The van der Waals surface area contributed by atoms with Crippen LogP contribution in [-0.4, -0.2) is 23.3 Å². The van der Waals surface area contributed by atoms with Gasteiger partial charge in [-0.15, -0.1) is 0 Å². The number of allylic oxidation sites excluding steroid dienone is 1. The average Bonchev–Trinajstić information content (AvgIpc) is 3.31. The number of rotatable bonds is 1. The van der Waals surface area contributed by atoms with Gasteiger partial charge in [0.25, 0.3) is 0 Å². The van der Waals surface area contributed by atoms with Gasteiger partial charge in [0.05, 0.1) is 0 Å². The van der Waals surface area contributed by atoms with Crippen LogP contribution in [0.3, 0.4) is 0 Å². The van der Waals surface area contributed by atoms with Crippen LogP contribution in [0.1, 0.15) is 66.2 Å². The minimum absolute atomic E-state index is 0.0992. The normalized spacial score (nSPS) is 53.5. The van der Waals surface area contributed by atoms with Crippen molar-refractivity contribution in [3.63, 3.8) is 0 Å². The number of hydrogen-bond donors (Lipinski definition) is 0. The zero-order chi connectivity index (χ0) is 18.5. The Morgan fingerprint density at radius 3 is 2.69 bits per heavy atom. The maximum absolute atomic E-state index is 12.7. The van der Waals surface area contributed by atoms with E-state index in [-0.39, 0.29) is 22.7 Å². The van der Waals surface area contributed by atoms with Crippen LogP contribution in [0, 0.1) is 28.6 Å². The van der Waals surface area contributed by atoms with Crippen molar-refractivity contribution >= 4 is 11.6 Å². The molecule has 0 N–H and O–H groups in total. The first-order valence-electron chi connectivity index (χ1n) is 10.5. The van der Waals surface area contributed by atoms with Crippen LogP contribution < -0.4 is 0 Å². The highest BCUT2D eigenvalue weighted by atomic mass is 16.6. The quantitative estimate of drug-likeness (QED) is 0.517. The maximum Gasteiger partial charge on any atom is 0.187 e. The van der Waals surface area contributed by atoms with E-state index < -0.39 is 5.60 Å². The van der Waals surface area contributed by atoms with Crippen molar-refractivity contribution in [1.29, 1.82) is 0 Å². The molecule has 5 rings (SSSR count). The molecule has 4 aliphatic carbocycles. The van der Waals surface area contributed by atoms with Crippen molar-refractivity contribution in [2.75, 3.05) is 0 Å². The molecular weight excluding hydrogens is 324 g/mol. The molecule has 1 saturated heterocycles. The van der Waals surface area contributed by atoms with E-state index >= 15 is 0 Å². The Bertz CT molecular complexity index is 776. The largest absolute Gasteiger partial charge is 0.352 e. The molecular formula is C23H30O3. The number of fused-ring (bicyclic) bond motifs is 4. The molecule has 3 saturated carbocycles. The van der Waals surface area contributed by atoms with Crippen LogP contribution in [0.5, 0.6) is 0 Å². The van der Waals surface area contributed by atoms with E-state index in [4.69, 9.17) is 4.74 Å². The molecule has 5 aliphatic rings. The third kappa shape index (κ3) is 1.62. The van der Waals surface area contributed by atoms with Gasteiger partial charge in [-0.05, 0) is 68.4 Å². The highest BCUT2D eigenvalue weighted by Gasteiger charge is 2.78. The fourth-order valence-corrected chi connectivity index (χ4v) is 7.80. The number of ketones is 2. The van der Waals surface area contributed by atoms with Gasteiger partial charge in [0.1, 0.15) is 11.4 Å². The van der Waals surface area contributed by atoms with Crippen molar-refractivity contribution in [2.24, 2.45) is 28.6 Å². The van der Waals surface area contributed by atoms with E-state index in [1.807, 2.05) is 6.08 Å². The molecule has 2 unspecified atom stereocenters. The van der Waals surface area contributed by atoms with E-state index in [2.05, 4.69) is 33.8 Å². The van der Waals surface area contributed by atoms with Gasteiger partial charge in [-0.2, -0.15) is 0 Å². The summed E-state index contributed by atoms with van der Waals surface area (Å²) in [4.78, 5) is 25.3. The van der Waals surface area contributed by atoms with Crippen LogP contribution in [0.15, 0.2) is 23.3 Å². The van der Waals surface area contributed by atoms with Crippen molar-refractivity contribution in [3.8, 4) is 0 Å². The van der Waals surface area contributed by atoms with Gasteiger partial charge >= 0.3 is 0 Å². The summed E-state index contributed by atoms with van der Waals surface area (Å²) in [6, 6.07) is 0. The van der Waals surface area contributed by atoms with Crippen molar-refractivity contribution < 1.29 is 14.3 Å². The fraction of sp³-hybridized carbons (Fsp3) is 0.739. The predicted molar refractivity (Wildman–Crippen MR) is 99.5 cm³/mol. The predicted octanol–water partition coefficient (Wildman–Crippen LogP) is 4.41. The van der Waals surface area contributed by atoms with Gasteiger partial charge in [-0.3, -0.25) is 9.59 Å². The SMILES string of the molecule is C/C=C1\C[C@H]2[C@@H]3CCC(=O)[C@@]3(C)CC[C@@H]2[C@@]2(C)C(CC)=CC(=O)C3OC132. The van der Waals surface area contributed by atoms with Crippen LogP contribution in [0.2, 0.25) is 0 Å². The lowest BCUT2D eigenvalue weighted by molar-refractivity contribution is -0.133. The highest BCUT2D eigenvalue weighted by Crippen LogP contribution is 2.73. The molecule has 1 spiro atoms. The summed E-state index contributed by atoms with van der Waals surface area (Å²) >= 11 is 0. The molecule has 0 aromatic carbocycles. The Labute approximate surface area is 156 Å². The summed E-state index contributed by atoms with van der Waals surface area (Å²) in [5.74, 6) is 2.19. The number of Topliss-reactive ketones (excluding diaryl/α,β-unsaturated/α-hetero) is 1. The zero-order valence-electron chi connectivity index (χ0n) is 16.4. The van der Waals surface area contributed by atoms with Crippen LogP contribution in [-0.2, 0) is 14.3 Å². The number of carbonyl (C=O) groups excluding carboxylic acids is 2. The molecule has 26 heavy (non-hydrogen) atoms. The molecule has 0 amide bonds. The first kappa shape index (κ1) is 16.9. The Morgan fingerprint density at radius 1 is 1.23 bits per heavy atom. The maximum atomic E-state index is 12.7. The molecule has 0 bridgehead atoms. The summed E-state index contributed by atoms with van der Waals surface area (Å²) in [5, 5.41) is 0. The monoisotopic (exact) mass is 354 g/mol. The van der Waals surface area contributed by atoms with E-state index in [1.165, 1.54) is 11.1 Å². The van der Waals surface area contributed by atoms with Gasteiger partial charge in [0.15, 0.2) is 11.9 Å². The first-order chi connectivity index (χ1) is 12.3. The number of ether oxygens (including phenoxy) is 1. The lowest BCUT2D eigenvalue weighted by Crippen LogP contribution is -2.59. The van der Waals surface area contributed by atoms with Crippen LogP contribution in [0.4, 0.5) is 0 Å². The molecule has 3 nitrogen and oxygen atoms in total. The third-order valence-corrected chi connectivity index (χ3v) is 9.18. The molecule has 3 heteroatoms. The molecule has 0 aromatic heterocycles. The van der Waals surface area contributed by atoms with E-state index in [0.29, 0.717) is 23.5 Å². The summed E-state index contributed by atoms with van der Waals surface area (Å²) in [5.41, 5.74) is 1.99. The number of epoxide rings is 1. The standard InChI is InChI=1S/C23H30O3/c1-5-13-12-18(24)20-23(26-20)14(6-2)11-15-16-7-8-19(25)21(16,3)10-9-17(15)22(13,23)4/h6,12,15-17,20H,5,7-11H2,1-4H3/b14-6+/t15-,16-,17-,20?,21-,22+,23?/m0/s1. The number of carbonyl (C=O) groups is 2. The van der Waals surface area contributed by atoms with Crippen molar-refractivity contribution in [3.05, 3.63) is 23.3 Å². The van der Waals surface area contributed by atoms with Crippen molar-refractivity contribution in [1.82, 2.24) is 0 Å². The topological polar surface area (TPSA) is 46.7 Å². The molecule has 140 valence electrons. The van der Waals surface area contributed by atoms with Gasteiger partial charge in [-0.25, -0.2) is 0 Å². The third-order valence-electron chi connectivity index (χ3n) is 9.18. The van der Waals surface area contributed by atoms with Gasteiger partial charge in [-0.1, -0.05) is 32.4 Å². The first-order valence-corrected chi connectivity index (χ1v) is 10.5. The summed E-state index contributed by atoms with van der Waals surface area (Å²) in [6.07, 6.45) is 9.64. The lowest BCUT2D eigenvalue weighted by Gasteiger charge is -2.59. The summed E-state index contributed by atoms with van der Waals surface area (Å²) in [7, 11) is 0. The Kier molecular flexibility index (Phi) is 3.24. The van der Waals surface area contributed by atoms with E-state index in [9.17, 15) is 9.59 Å². The van der Waals surface area contributed by atoms with Crippen LogP contribution >= 0.6 is 0 Å². The second kappa shape index (κ2) is 4.98. The summed E-state index contributed by atoms with van der Waals surface area (Å²) in [6.45, 7) is 8.86. The van der Waals surface area contributed by atoms with Crippen molar-refractivity contribution in [2.45, 2.75) is 77.9 Å². The molecule has 1 heterocycles. The Morgan fingerprint density at radius 2 is 2.00 bits per heavy atom. The molecule has 0 aromatic rings. The van der Waals surface area contributed by atoms with E-state index in [1.54, 1.807) is 0 Å². The lowest BCUT2D eigenvalue weighted by atomic mass is 9.43. The molecule has 0 radical (unpaired) electrons. The molecule has 4 fully saturated rings. The average molecular weight is 354 g/mol. The number of hydrogen-bond acceptors (Lipinski definition) is 3. The smallest absolute Gasteiger partial charge is 0.187 e. The van der Waals surface area contributed by atoms with E-state index in [0.717, 1.165) is 38.5 Å². The van der Waals surface area contributed by atoms with Gasteiger partial charge in [0.2, 0.25) is 0 Å². The minimum atomic E-state index is -0.392. The Hall–Kier alpha value is -1.22. The van der Waals surface area contributed by atoms with Gasteiger partial charge in [0, 0.05) is 17.3 Å². The summed E-state index contributed by atoms with van der Waals surface area (Å²) < 4.78 is 6.29. The molecule has 7 atom stereocenters. The Balaban J connectivity index is 1.67. The van der Waals surface area contributed by atoms with Gasteiger partial charge < -0.3 is 4.74 Å². The highest BCUT2D eigenvalue weighted by molar-refractivity contribution is 6.00. The second-order valence-electron chi connectivity index (χ2n) is 9.67. The fourth-order valence-electron chi connectivity index (χ4n) is 7.80.